The number of carbonyl (C=O) groups excluding carboxylic acids is 2. The van der Waals surface area contributed by atoms with E-state index in [1.165, 1.54) is 36.4 Å². The van der Waals surface area contributed by atoms with E-state index in [2.05, 4.69) is 5.32 Å². The molecular weight excluding hydrogens is 388 g/mol. The number of fused-ring (bicyclic) bond motifs is 2. The Kier molecular flexibility index (Phi) is 5.45. The molecule has 2 aromatic rings. The van der Waals surface area contributed by atoms with Crippen LogP contribution in [0.2, 0.25) is 0 Å². The van der Waals surface area contributed by atoms with Crippen LogP contribution >= 0.6 is 0 Å². The number of hydrogen-bond acceptors (Lipinski definition) is 3. The van der Waals surface area contributed by atoms with Crippen molar-refractivity contribution in [3.63, 3.8) is 0 Å². The summed E-state index contributed by atoms with van der Waals surface area (Å²) in [6.45, 7) is 2.00. The molecule has 0 heterocycles. The van der Waals surface area contributed by atoms with E-state index in [0.29, 0.717) is 12.8 Å². The smallest absolute Gasteiger partial charge is 0.254 e. The van der Waals surface area contributed by atoms with E-state index in [9.17, 15) is 23.5 Å². The molecule has 2 bridgehead atoms. The normalized spacial score (nSPS) is 28.1. The van der Waals surface area contributed by atoms with Crippen molar-refractivity contribution in [1.82, 2.24) is 5.32 Å². The van der Waals surface area contributed by atoms with Gasteiger partial charge in [0.25, 0.3) is 5.91 Å². The third kappa shape index (κ3) is 3.88. The van der Waals surface area contributed by atoms with Crippen molar-refractivity contribution < 1.29 is 23.5 Å². The maximum Gasteiger partial charge on any atom is 0.254 e. The molecule has 2 aliphatic carbocycles. The first-order valence-corrected chi connectivity index (χ1v) is 10.4. The van der Waals surface area contributed by atoms with Crippen molar-refractivity contribution in [1.29, 1.82) is 0 Å². The number of rotatable bonds is 4. The standard InChI is InChI=1S/C24H25F2NO3/c1-14-12-24(30)10-4-5-16(13-24)21(14)27-23(29)18-9-8-15(11-20(18)26)22(28)17-6-2-3-7-19(17)25/h2-3,6-9,11,14,16,21,30H,4-5,10,12-13H2,1H3,(H,27,29)/t14?,16?,21-,24?/m1/s1. The summed E-state index contributed by atoms with van der Waals surface area (Å²) in [6, 6.07) is 8.98. The second-order valence-corrected chi connectivity index (χ2v) is 8.77. The number of benzene rings is 2. The molecule has 0 radical (unpaired) electrons. The molecule has 0 aliphatic heterocycles. The minimum absolute atomic E-state index is 0.0162. The van der Waals surface area contributed by atoms with E-state index in [4.69, 9.17) is 0 Å². The average Bonchev–Trinajstić information content (AvgIpc) is 2.70. The van der Waals surface area contributed by atoms with Crippen LogP contribution in [0.15, 0.2) is 42.5 Å². The largest absolute Gasteiger partial charge is 0.390 e. The van der Waals surface area contributed by atoms with Crippen LogP contribution in [-0.2, 0) is 0 Å². The van der Waals surface area contributed by atoms with Crippen LogP contribution in [-0.4, -0.2) is 28.4 Å². The number of nitrogens with one attached hydrogen (secondary N) is 1. The summed E-state index contributed by atoms with van der Waals surface area (Å²) in [5, 5.41) is 13.6. The summed E-state index contributed by atoms with van der Waals surface area (Å²) in [5.74, 6) is -2.42. The summed E-state index contributed by atoms with van der Waals surface area (Å²) < 4.78 is 28.6. The molecule has 2 aliphatic rings. The van der Waals surface area contributed by atoms with Crippen molar-refractivity contribution in [3.05, 3.63) is 70.8 Å². The monoisotopic (exact) mass is 413 g/mol. The van der Waals surface area contributed by atoms with E-state index >= 15 is 0 Å². The Morgan fingerprint density at radius 1 is 1.07 bits per heavy atom. The van der Waals surface area contributed by atoms with Gasteiger partial charge in [-0.1, -0.05) is 31.5 Å². The molecule has 0 spiro atoms. The van der Waals surface area contributed by atoms with Crippen LogP contribution in [0.5, 0.6) is 0 Å². The fraction of sp³-hybridized carbons (Fsp3) is 0.417. The third-order valence-electron chi connectivity index (χ3n) is 6.57. The Bertz CT molecular complexity index is 988. The Hall–Kier alpha value is -2.60. The average molecular weight is 413 g/mol. The lowest BCUT2D eigenvalue weighted by molar-refractivity contribution is -0.0762. The van der Waals surface area contributed by atoms with Crippen LogP contribution in [0.1, 0.15) is 65.3 Å². The summed E-state index contributed by atoms with van der Waals surface area (Å²) in [7, 11) is 0. The molecule has 0 aromatic heterocycles. The summed E-state index contributed by atoms with van der Waals surface area (Å²) in [4.78, 5) is 25.2. The number of aliphatic hydroxyl groups is 1. The summed E-state index contributed by atoms with van der Waals surface area (Å²) in [6.07, 6.45) is 3.91. The molecule has 2 fully saturated rings. The molecule has 30 heavy (non-hydrogen) atoms. The van der Waals surface area contributed by atoms with Crippen LogP contribution in [0.25, 0.3) is 0 Å². The SMILES string of the molecule is CC1CC2(O)CCCC(C2)[C@@H]1NC(=O)c1ccc(C(=O)c2ccccc2F)cc1F. The Morgan fingerprint density at radius 2 is 1.83 bits per heavy atom. The Balaban J connectivity index is 1.51. The zero-order valence-corrected chi connectivity index (χ0v) is 16.8. The van der Waals surface area contributed by atoms with E-state index in [0.717, 1.165) is 25.3 Å². The van der Waals surface area contributed by atoms with Crippen molar-refractivity contribution in [3.8, 4) is 0 Å². The fourth-order valence-electron chi connectivity index (χ4n) is 5.20. The number of halogens is 2. The van der Waals surface area contributed by atoms with E-state index < -0.39 is 28.9 Å². The second-order valence-electron chi connectivity index (χ2n) is 8.77. The number of ketones is 1. The zero-order valence-electron chi connectivity index (χ0n) is 16.8. The van der Waals surface area contributed by atoms with Gasteiger partial charge in [0.05, 0.1) is 16.7 Å². The van der Waals surface area contributed by atoms with Gasteiger partial charge >= 0.3 is 0 Å². The lowest BCUT2D eigenvalue weighted by Crippen LogP contribution is -2.55. The van der Waals surface area contributed by atoms with Gasteiger partial charge < -0.3 is 10.4 Å². The number of carbonyl (C=O) groups is 2. The Labute approximate surface area is 174 Å². The van der Waals surface area contributed by atoms with Crippen molar-refractivity contribution in [2.24, 2.45) is 11.8 Å². The van der Waals surface area contributed by atoms with Gasteiger partial charge in [0, 0.05) is 11.6 Å². The van der Waals surface area contributed by atoms with Crippen LogP contribution < -0.4 is 5.32 Å². The van der Waals surface area contributed by atoms with Crippen molar-refractivity contribution >= 4 is 11.7 Å². The second kappa shape index (κ2) is 7.91. The molecule has 3 unspecified atom stereocenters. The van der Waals surface area contributed by atoms with E-state index in [-0.39, 0.29) is 34.6 Å². The predicted molar refractivity (Wildman–Crippen MR) is 108 cm³/mol. The first kappa shape index (κ1) is 20.7. The van der Waals surface area contributed by atoms with Crippen LogP contribution in [0, 0.1) is 23.5 Å². The van der Waals surface area contributed by atoms with Gasteiger partial charge in [-0.2, -0.15) is 0 Å². The fourth-order valence-corrected chi connectivity index (χ4v) is 5.20. The minimum atomic E-state index is -0.821. The van der Waals surface area contributed by atoms with Gasteiger partial charge in [0.2, 0.25) is 0 Å². The van der Waals surface area contributed by atoms with Gasteiger partial charge in [0.1, 0.15) is 11.6 Å². The quantitative estimate of drug-likeness (QED) is 0.737. The van der Waals surface area contributed by atoms with Crippen molar-refractivity contribution in [2.75, 3.05) is 0 Å². The molecular formula is C24H25F2NO3. The highest BCUT2D eigenvalue weighted by molar-refractivity contribution is 6.09. The van der Waals surface area contributed by atoms with Gasteiger partial charge in [-0.05, 0) is 61.8 Å². The summed E-state index contributed by atoms with van der Waals surface area (Å²) >= 11 is 0. The topological polar surface area (TPSA) is 66.4 Å². The molecule has 4 rings (SSSR count). The zero-order chi connectivity index (χ0) is 21.5. The first-order valence-electron chi connectivity index (χ1n) is 10.4. The highest BCUT2D eigenvalue weighted by atomic mass is 19.1. The third-order valence-corrected chi connectivity index (χ3v) is 6.57. The van der Waals surface area contributed by atoms with Gasteiger partial charge in [-0.3, -0.25) is 9.59 Å². The minimum Gasteiger partial charge on any atom is -0.390 e. The molecule has 0 saturated heterocycles. The molecule has 2 aromatic carbocycles. The van der Waals surface area contributed by atoms with E-state index in [1.807, 2.05) is 6.92 Å². The maximum atomic E-state index is 14.7. The highest BCUT2D eigenvalue weighted by Gasteiger charge is 2.46. The Morgan fingerprint density at radius 3 is 2.57 bits per heavy atom. The van der Waals surface area contributed by atoms with Gasteiger partial charge in [-0.15, -0.1) is 0 Å². The number of amides is 1. The summed E-state index contributed by atoms with van der Waals surface area (Å²) in [5.41, 5.74) is -0.958. The lowest BCUT2D eigenvalue weighted by atomic mass is 9.63. The number of hydrogen-bond donors (Lipinski definition) is 2. The molecule has 4 nitrogen and oxygen atoms in total. The molecule has 2 saturated carbocycles. The molecule has 4 atom stereocenters. The van der Waals surface area contributed by atoms with Crippen molar-refractivity contribution in [2.45, 2.75) is 50.7 Å². The molecule has 2 N–H and O–H groups in total. The van der Waals surface area contributed by atoms with Crippen LogP contribution in [0.4, 0.5) is 8.78 Å². The predicted octanol–water partition coefficient (Wildman–Crippen LogP) is 4.26. The van der Waals surface area contributed by atoms with Gasteiger partial charge in [-0.25, -0.2) is 8.78 Å². The highest BCUT2D eigenvalue weighted by Crippen LogP contribution is 2.45. The van der Waals surface area contributed by atoms with Gasteiger partial charge in [0.15, 0.2) is 5.78 Å². The lowest BCUT2D eigenvalue weighted by Gasteiger charge is -2.49. The maximum absolute atomic E-state index is 14.7. The molecule has 158 valence electrons. The van der Waals surface area contributed by atoms with E-state index in [1.54, 1.807) is 0 Å². The van der Waals surface area contributed by atoms with Crippen LogP contribution in [0.3, 0.4) is 0 Å². The first-order chi connectivity index (χ1) is 14.3. The molecule has 6 heteroatoms. The molecule has 1 amide bonds.